The first-order chi connectivity index (χ1) is 13.3. The van der Waals surface area contributed by atoms with Crippen LogP contribution in [0.15, 0.2) is 23.1 Å². The summed E-state index contributed by atoms with van der Waals surface area (Å²) in [6.07, 6.45) is 0.168. The van der Waals surface area contributed by atoms with Gasteiger partial charge in [-0.1, -0.05) is 0 Å². The van der Waals surface area contributed by atoms with Crippen molar-refractivity contribution in [2.75, 3.05) is 38.4 Å². The van der Waals surface area contributed by atoms with Crippen LogP contribution >= 0.6 is 0 Å². The van der Waals surface area contributed by atoms with Crippen LogP contribution in [0.4, 0.5) is 10.1 Å². The van der Waals surface area contributed by atoms with Gasteiger partial charge in [0, 0.05) is 26.2 Å². The molecule has 1 saturated heterocycles. The maximum absolute atomic E-state index is 13.0. The Morgan fingerprint density at radius 2 is 2.11 bits per heavy atom. The van der Waals surface area contributed by atoms with Crippen molar-refractivity contribution < 1.29 is 32.2 Å². The molecule has 1 amide bonds. The van der Waals surface area contributed by atoms with E-state index in [0.29, 0.717) is 13.0 Å². The summed E-state index contributed by atoms with van der Waals surface area (Å²) >= 11 is 0. The van der Waals surface area contributed by atoms with E-state index in [-0.39, 0.29) is 41.8 Å². The van der Waals surface area contributed by atoms with Crippen molar-refractivity contribution in [1.82, 2.24) is 4.31 Å². The normalized spacial score (nSPS) is 21.4. The Kier molecular flexibility index (Phi) is 6.13. The first kappa shape index (κ1) is 20.8. The topological polar surface area (TPSA) is 104 Å². The second kappa shape index (κ2) is 8.24. The fourth-order valence-corrected chi connectivity index (χ4v) is 5.34. The zero-order valence-corrected chi connectivity index (χ0v) is 16.3. The quantitative estimate of drug-likeness (QED) is 0.631. The Labute approximate surface area is 162 Å². The molecule has 0 bridgehead atoms. The molecule has 0 radical (unpaired) electrons. The highest BCUT2D eigenvalue weighted by atomic mass is 32.2. The lowest BCUT2D eigenvalue weighted by Gasteiger charge is -2.24. The minimum atomic E-state index is -3.84. The smallest absolute Gasteiger partial charge is 0.299 e. The number of rotatable bonds is 8. The molecule has 1 aromatic rings. The largest absolute Gasteiger partial charge is 0.390 e. The number of Topliss-reactive ketones (excluding diaryl/α,β-unsaturated/α-hetero) is 1. The van der Waals surface area contributed by atoms with Crippen molar-refractivity contribution in [3.8, 4) is 0 Å². The number of fused-ring (bicyclic) bond motifs is 1. The summed E-state index contributed by atoms with van der Waals surface area (Å²) in [5, 5.41) is 9.37. The molecule has 0 saturated carbocycles. The van der Waals surface area contributed by atoms with Crippen LogP contribution < -0.4 is 4.90 Å². The summed E-state index contributed by atoms with van der Waals surface area (Å²) in [7, 11) is -2.33. The van der Waals surface area contributed by atoms with Crippen LogP contribution in [0.2, 0.25) is 0 Å². The van der Waals surface area contributed by atoms with E-state index in [1.54, 1.807) is 0 Å². The number of sulfonamides is 1. The van der Waals surface area contributed by atoms with Gasteiger partial charge < -0.3 is 14.7 Å². The van der Waals surface area contributed by atoms with Crippen LogP contribution in [0.3, 0.4) is 0 Å². The number of aliphatic hydroxyl groups is 1. The number of alkyl halides is 1. The van der Waals surface area contributed by atoms with E-state index < -0.39 is 34.5 Å². The Bertz CT molecular complexity index is 875. The number of aliphatic hydroxyl groups excluding tert-OH is 1. The van der Waals surface area contributed by atoms with E-state index in [9.17, 15) is 27.5 Å². The number of anilines is 1. The number of nitrogens with zero attached hydrogens (tertiary/aromatic N) is 2. The van der Waals surface area contributed by atoms with Crippen molar-refractivity contribution >= 4 is 27.4 Å². The number of methoxy groups -OCH3 is 1. The lowest BCUT2D eigenvalue weighted by atomic mass is 10.1. The van der Waals surface area contributed by atoms with Gasteiger partial charge in [0.2, 0.25) is 10.0 Å². The van der Waals surface area contributed by atoms with E-state index in [1.807, 2.05) is 0 Å². The minimum absolute atomic E-state index is 0.00306. The molecule has 3 rings (SSSR count). The number of carbonyl (C=O) groups excluding carboxylic acids is 2. The summed E-state index contributed by atoms with van der Waals surface area (Å²) in [6, 6.07) is 3.73. The molecule has 2 atom stereocenters. The van der Waals surface area contributed by atoms with Gasteiger partial charge in [0.15, 0.2) is 0 Å². The Hall–Kier alpha value is -1.88. The first-order valence-electron chi connectivity index (χ1n) is 9.06. The van der Waals surface area contributed by atoms with Gasteiger partial charge in [-0.25, -0.2) is 12.8 Å². The SMILES string of the molecule is COC[C@@H]1CCCN1S(=O)(=O)c1ccc2c(c1)C(=O)C(=O)N2CC[C@@H](O)C[18F]. The molecule has 1 fully saturated rings. The van der Waals surface area contributed by atoms with Crippen LogP contribution in [-0.2, 0) is 19.6 Å². The number of amides is 1. The average Bonchev–Trinajstić information content (AvgIpc) is 3.24. The predicted octanol–water partition coefficient (Wildman–Crippen LogP) is 0.736. The number of hydrogen-bond donors (Lipinski definition) is 1. The van der Waals surface area contributed by atoms with E-state index in [0.717, 1.165) is 11.3 Å². The van der Waals surface area contributed by atoms with Gasteiger partial charge in [0.25, 0.3) is 11.7 Å². The van der Waals surface area contributed by atoms with Gasteiger partial charge in [-0.15, -0.1) is 0 Å². The summed E-state index contributed by atoms with van der Waals surface area (Å²) in [6.45, 7) is -0.324. The Balaban J connectivity index is 1.89. The van der Waals surface area contributed by atoms with E-state index in [4.69, 9.17) is 4.74 Å². The summed E-state index contributed by atoms with van der Waals surface area (Å²) < 4.78 is 45.0. The highest BCUT2D eigenvalue weighted by Gasteiger charge is 2.39. The van der Waals surface area contributed by atoms with Crippen LogP contribution in [0.5, 0.6) is 0 Å². The maximum atomic E-state index is 13.0. The summed E-state index contributed by atoms with van der Waals surface area (Å²) in [5.74, 6) is -1.62. The molecule has 2 aliphatic rings. The molecule has 1 aromatic carbocycles. The van der Waals surface area contributed by atoms with Crippen LogP contribution in [0, 0.1) is 0 Å². The number of carbonyl (C=O) groups is 2. The van der Waals surface area contributed by atoms with Crippen LogP contribution in [0.1, 0.15) is 29.6 Å². The summed E-state index contributed by atoms with van der Waals surface area (Å²) in [4.78, 5) is 25.7. The molecule has 2 heterocycles. The zero-order chi connectivity index (χ0) is 20.5. The third-order valence-electron chi connectivity index (χ3n) is 5.10. The molecule has 0 unspecified atom stereocenters. The molecule has 28 heavy (non-hydrogen) atoms. The number of ketones is 1. The van der Waals surface area contributed by atoms with Crippen LogP contribution in [0.25, 0.3) is 0 Å². The molecule has 0 aliphatic carbocycles. The molecule has 1 N–H and O–H groups in total. The number of hydrogen-bond acceptors (Lipinski definition) is 6. The second-order valence-electron chi connectivity index (χ2n) is 6.93. The van der Waals surface area contributed by atoms with Gasteiger partial charge >= 0.3 is 0 Å². The molecule has 2 aliphatic heterocycles. The van der Waals surface area contributed by atoms with Gasteiger partial charge in [0.05, 0.1) is 28.9 Å². The molecule has 154 valence electrons. The van der Waals surface area contributed by atoms with Crippen LogP contribution in [-0.4, -0.2) is 75.1 Å². The predicted molar refractivity (Wildman–Crippen MR) is 98.5 cm³/mol. The fraction of sp³-hybridized carbons (Fsp3) is 0.556. The number of ether oxygens (including phenoxy) is 1. The maximum Gasteiger partial charge on any atom is 0.299 e. The van der Waals surface area contributed by atoms with E-state index in [1.165, 1.54) is 29.6 Å². The van der Waals surface area contributed by atoms with Gasteiger partial charge in [-0.3, -0.25) is 9.59 Å². The third-order valence-corrected chi connectivity index (χ3v) is 7.04. The van der Waals surface area contributed by atoms with Crippen molar-refractivity contribution in [2.24, 2.45) is 0 Å². The molecular weight excluding hydrogens is 390 g/mol. The molecule has 10 heteroatoms. The molecule has 8 nitrogen and oxygen atoms in total. The monoisotopic (exact) mass is 413 g/mol. The first-order valence-corrected chi connectivity index (χ1v) is 10.5. The molecular formula is C18H23FN2O6S. The third kappa shape index (κ3) is 3.69. The average molecular weight is 413 g/mol. The standard InChI is InChI=1S/C18H23FN2O6S/c1-27-11-12-3-2-7-21(12)28(25,26)14-4-5-16-15(9-14)17(23)18(24)20(16)8-6-13(22)10-19/h4-5,9,12-13,22H,2-3,6-8,10-11H2,1H3/t12-,13+/m0/s1/i19-1. The van der Waals surface area contributed by atoms with E-state index >= 15 is 0 Å². The van der Waals surface area contributed by atoms with E-state index in [2.05, 4.69) is 0 Å². The zero-order valence-electron chi connectivity index (χ0n) is 15.5. The van der Waals surface area contributed by atoms with Crippen molar-refractivity contribution in [3.05, 3.63) is 23.8 Å². The fourth-order valence-electron chi connectivity index (χ4n) is 3.64. The second-order valence-corrected chi connectivity index (χ2v) is 8.82. The van der Waals surface area contributed by atoms with Gasteiger partial charge in [0.1, 0.15) is 6.67 Å². The van der Waals surface area contributed by atoms with Crippen molar-refractivity contribution in [3.63, 3.8) is 0 Å². The number of benzene rings is 1. The Morgan fingerprint density at radius 1 is 1.36 bits per heavy atom. The Morgan fingerprint density at radius 3 is 2.79 bits per heavy atom. The summed E-state index contributed by atoms with van der Waals surface area (Å²) in [5.41, 5.74) is 0.276. The van der Waals surface area contributed by atoms with Crippen molar-refractivity contribution in [2.45, 2.75) is 36.3 Å². The molecule has 0 spiro atoms. The molecule has 0 aromatic heterocycles. The highest BCUT2D eigenvalue weighted by Crippen LogP contribution is 2.33. The van der Waals surface area contributed by atoms with Crippen molar-refractivity contribution in [1.29, 1.82) is 0 Å². The lowest BCUT2D eigenvalue weighted by molar-refractivity contribution is -0.114. The highest BCUT2D eigenvalue weighted by molar-refractivity contribution is 7.89. The lowest BCUT2D eigenvalue weighted by Crippen LogP contribution is -2.38. The van der Waals surface area contributed by atoms with Gasteiger partial charge in [-0.2, -0.15) is 4.31 Å². The number of halogens is 1. The minimum Gasteiger partial charge on any atom is -0.390 e. The van der Waals surface area contributed by atoms with Gasteiger partial charge in [-0.05, 0) is 37.5 Å².